The van der Waals surface area contributed by atoms with E-state index in [9.17, 15) is 14.0 Å². The van der Waals surface area contributed by atoms with Gasteiger partial charge in [-0.25, -0.2) is 4.39 Å². The lowest BCUT2D eigenvalue weighted by atomic mass is 9.57. The topological polar surface area (TPSA) is 88.7 Å². The second kappa shape index (κ2) is 8.85. The molecule has 0 radical (unpaired) electrons. The number of ether oxygens (including phenoxy) is 1. The highest BCUT2D eigenvalue weighted by molar-refractivity contribution is 6.30. The fourth-order valence-electron chi connectivity index (χ4n) is 4.42. The molecule has 3 aliphatic carbocycles. The lowest BCUT2D eigenvalue weighted by Crippen LogP contribution is -2.57. The maximum absolute atomic E-state index is 13.5. The van der Waals surface area contributed by atoms with E-state index in [-0.39, 0.29) is 47.2 Å². The highest BCUT2D eigenvalue weighted by Crippen LogP contribution is 2.49. The lowest BCUT2D eigenvalue weighted by molar-refractivity contribution is -0.136. The molecule has 1 aromatic rings. The molecule has 1 aliphatic heterocycles. The van der Waals surface area contributed by atoms with Crippen LogP contribution < -0.4 is 20.9 Å². The summed E-state index contributed by atoms with van der Waals surface area (Å²) in [5, 5.41) is 6.01. The lowest BCUT2D eigenvalue weighted by Gasteiger charge is -2.50. The second-order valence-electron chi connectivity index (χ2n) is 8.07. The predicted octanol–water partition coefficient (Wildman–Crippen LogP) is 1.80. The molecule has 0 aromatic heterocycles. The quantitative estimate of drug-likeness (QED) is 0.620. The summed E-state index contributed by atoms with van der Waals surface area (Å²) in [7, 11) is 0. The summed E-state index contributed by atoms with van der Waals surface area (Å²) in [5.74, 6) is 0.150. The van der Waals surface area contributed by atoms with Gasteiger partial charge in [-0.2, -0.15) is 5.48 Å². The molecule has 4 fully saturated rings. The minimum absolute atomic E-state index is 0.00380. The number of carbonyl (C=O) groups excluding carboxylic acids is 2. The molecule has 2 amide bonds. The van der Waals surface area contributed by atoms with Crippen molar-refractivity contribution in [1.82, 2.24) is 16.1 Å². The summed E-state index contributed by atoms with van der Waals surface area (Å²) < 4.78 is 18.8. The first-order valence-electron chi connectivity index (χ1n) is 10.0. The third-order valence-electron chi connectivity index (χ3n) is 6.14. The van der Waals surface area contributed by atoms with Crippen LogP contribution in [0.5, 0.6) is 5.75 Å². The Bertz CT molecular complexity index is 768. The molecule has 1 aromatic carbocycles. The summed E-state index contributed by atoms with van der Waals surface area (Å²) >= 11 is 5.64. The Labute approximate surface area is 173 Å². The molecular weight excluding hydrogens is 401 g/mol. The zero-order chi connectivity index (χ0) is 20.4. The van der Waals surface area contributed by atoms with Gasteiger partial charge in [0, 0.05) is 24.6 Å². The van der Waals surface area contributed by atoms with Crippen LogP contribution in [-0.4, -0.2) is 43.7 Å². The molecule has 5 rings (SSSR count). The van der Waals surface area contributed by atoms with Gasteiger partial charge in [-0.15, -0.1) is 0 Å². The van der Waals surface area contributed by atoms with Gasteiger partial charge in [0.15, 0.2) is 6.61 Å². The SMILES string of the molecule is O=C(COc1ccc(Cl)c(F)c1)N[C@@H]1C[C@H](C(=O)NCC2CCON2)C2CC1C2. The van der Waals surface area contributed by atoms with Crippen LogP contribution in [0, 0.1) is 23.6 Å². The fourth-order valence-corrected chi connectivity index (χ4v) is 4.54. The maximum Gasteiger partial charge on any atom is 0.258 e. The fraction of sp³-hybridized carbons (Fsp3) is 0.600. The number of benzene rings is 1. The van der Waals surface area contributed by atoms with Gasteiger partial charge in [0.2, 0.25) is 5.91 Å². The van der Waals surface area contributed by atoms with E-state index in [1.807, 2.05) is 0 Å². The third kappa shape index (κ3) is 4.82. The minimum Gasteiger partial charge on any atom is -0.484 e. The van der Waals surface area contributed by atoms with Gasteiger partial charge >= 0.3 is 0 Å². The van der Waals surface area contributed by atoms with Crippen molar-refractivity contribution in [3.8, 4) is 5.75 Å². The number of nitrogens with one attached hydrogen (secondary N) is 3. The molecule has 158 valence electrons. The molecule has 4 aliphatic rings. The average molecular weight is 426 g/mol. The summed E-state index contributed by atoms with van der Waals surface area (Å²) in [6, 6.07) is 4.16. The molecule has 3 saturated carbocycles. The van der Waals surface area contributed by atoms with Gasteiger partial charge in [0.25, 0.3) is 5.91 Å². The first kappa shape index (κ1) is 20.4. The van der Waals surface area contributed by atoms with Crippen LogP contribution in [0.1, 0.15) is 25.7 Å². The van der Waals surface area contributed by atoms with Gasteiger partial charge in [0.1, 0.15) is 11.6 Å². The molecule has 1 heterocycles. The van der Waals surface area contributed by atoms with Crippen molar-refractivity contribution in [2.24, 2.45) is 17.8 Å². The monoisotopic (exact) mass is 425 g/mol. The van der Waals surface area contributed by atoms with E-state index in [0.29, 0.717) is 31.4 Å². The van der Waals surface area contributed by atoms with E-state index >= 15 is 0 Å². The number of hydrogen-bond donors (Lipinski definition) is 3. The zero-order valence-corrected chi connectivity index (χ0v) is 16.7. The van der Waals surface area contributed by atoms with E-state index < -0.39 is 5.82 Å². The van der Waals surface area contributed by atoms with E-state index in [4.69, 9.17) is 21.2 Å². The predicted molar refractivity (Wildman–Crippen MR) is 104 cm³/mol. The van der Waals surface area contributed by atoms with E-state index in [1.54, 1.807) is 0 Å². The van der Waals surface area contributed by atoms with E-state index in [1.165, 1.54) is 12.1 Å². The summed E-state index contributed by atoms with van der Waals surface area (Å²) in [5.41, 5.74) is 2.89. The van der Waals surface area contributed by atoms with Crippen molar-refractivity contribution in [3.05, 3.63) is 29.0 Å². The second-order valence-corrected chi connectivity index (χ2v) is 8.48. The van der Waals surface area contributed by atoms with Gasteiger partial charge in [-0.1, -0.05) is 11.6 Å². The first-order chi connectivity index (χ1) is 14.0. The van der Waals surface area contributed by atoms with Crippen molar-refractivity contribution in [2.45, 2.75) is 37.8 Å². The number of hydroxylamine groups is 1. The Hall–Kier alpha value is -1.90. The van der Waals surface area contributed by atoms with Gasteiger partial charge in [-0.3, -0.25) is 9.59 Å². The van der Waals surface area contributed by atoms with Crippen LogP contribution in [0.3, 0.4) is 0 Å². The first-order valence-corrected chi connectivity index (χ1v) is 10.4. The number of carbonyl (C=O) groups is 2. The summed E-state index contributed by atoms with van der Waals surface area (Å²) in [4.78, 5) is 30.0. The van der Waals surface area contributed by atoms with Crippen LogP contribution in [0.2, 0.25) is 5.02 Å². The standard InChI is InChI=1S/C20H25ClFN3O4/c21-16-2-1-14(7-17(16)22)28-10-19(26)24-18-8-15(11-5-12(18)6-11)20(27)23-9-13-3-4-29-25-13/h1-2,7,11-13,15,18,25H,3-6,8-10H2,(H,23,27)(H,24,26)/t11?,12?,13?,15-,18+/m0/s1. The van der Waals surface area contributed by atoms with Crippen LogP contribution in [0.15, 0.2) is 18.2 Å². The number of amides is 2. The Morgan fingerprint density at radius 2 is 2.10 bits per heavy atom. The zero-order valence-electron chi connectivity index (χ0n) is 16.0. The van der Waals surface area contributed by atoms with Gasteiger partial charge in [0.05, 0.1) is 17.7 Å². The summed E-state index contributed by atoms with van der Waals surface area (Å²) in [6.07, 6.45) is 3.43. The molecule has 9 heteroatoms. The molecule has 29 heavy (non-hydrogen) atoms. The van der Waals surface area contributed by atoms with Crippen molar-refractivity contribution >= 4 is 23.4 Å². The normalized spacial score (nSPS) is 30.3. The van der Waals surface area contributed by atoms with E-state index in [0.717, 1.165) is 25.3 Å². The number of hydrogen-bond acceptors (Lipinski definition) is 5. The molecule has 1 unspecified atom stereocenters. The van der Waals surface area contributed by atoms with Crippen molar-refractivity contribution in [3.63, 3.8) is 0 Å². The molecule has 0 spiro atoms. The Kier molecular flexibility index (Phi) is 6.22. The Morgan fingerprint density at radius 1 is 1.28 bits per heavy atom. The van der Waals surface area contributed by atoms with Crippen LogP contribution in [0.25, 0.3) is 0 Å². The van der Waals surface area contributed by atoms with Crippen LogP contribution in [0.4, 0.5) is 4.39 Å². The van der Waals surface area contributed by atoms with Gasteiger partial charge in [-0.05, 0) is 49.7 Å². The molecular formula is C20H25ClFN3O4. The highest BCUT2D eigenvalue weighted by Gasteiger charge is 2.48. The number of halogens is 2. The molecule has 3 atom stereocenters. The minimum atomic E-state index is -0.592. The van der Waals surface area contributed by atoms with Crippen molar-refractivity contribution in [1.29, 1.82) is 0 Å². The van der Waals surface area contributed by atoms with Gasteiger partial charge < -0.3 is 20.2 Å². The third-order valence-corrected chi connectivity index (χ3v) is 6.45. The summed E-state index contributed by atoms with van der Waals surface area (Å²) in [6.45, 7) is 0.999. The molecule has 3 N–H and O–H groups in total. The smallest absolute Gasteiger partial charge is 0.258 e. The highest BCUT2D eigenvalue weighted by atomic mass is 35.5. The molecule has 2 bridgehead atoms. The largest absolute Gasteiger partial charge is 0.484 e. The average Bonchev–Trinajstić information content (AvgIpc) is 3.19. The molecule has 1 saturated heterocycles. The molecule has 7 nitrogen and oxygen atoms in total. The van der Waals surface area contributed by atoms with E-state index in [2.05, 4.69) is 16.1 Å². The Morgan fingerprint density at radius 3 is 2.83 bits per heavy atom. The maximum atomic E-state index is 13.5. The number of rotatable bonds is 7. The number of fused-ring (bicyclic) bond motifs is 2. The Balaban J connectivity index is 1.24. The van der Waals surface area contributed by atoms with Crippen LogP contribution in [-0.2, 0) is 14.4 Å². The van der Waals surface area contributed by atoms with Crippen molar-refractivity contribution in [2.75, 3.05) is 19.8 Å². The van der Waals surface area contributed by atoms with Crippen molar-refractivity contribution < 1.29 is 23.6 Å². The van der Waals surface area contributed by atoms with Crippen LogP contribution >= 0.6 is 11.6 Å².